The number of rotatable bonds is 54. The van der Waals surface area contributed by atoms with Crippen molar-refractivity contribution < 1.29 is 32.9 Å². The second-order valence-corrected chi connectivity index (χ2v) is 22.8. The van der Waals surface area contributed by atoms with Crippen LogP contribution in [0.15, 0.2) is 85.1 Å². The number of amides is 1. The molecule has 0 spiro atoms. The molecule has 3 unspecified atom stereocenters. The van der Waals surface area contributed by atoms with Crippen LogP contribution < -0.4 is 5.32 Å². The van der Waals surface area contributed by atoms with E-state index in [0.717, 1.165) is 70.6 Å². The van der Waals surface area contributed by atoms with E-state index < -0.39 is 20.0 Å². The van der Waals surface area contributed by atoms with Gasteiger partial charge < -0.3 is 19.8 Å². The number of quaternary nitrogens is 1. The molecule has 0 rings (SSSR count). The molecule has 418 valence electrons. The highest BCUT2D eigenvalue weighted by Crippen LogP contribution is 2.43. The number of allylic oxidation sites excluding steroid dienone is 13. The Kier molecular flexibility index (Phi) is 51.8. The minimum Gasteiger partial charge on any atom is -0.387 e. The number of hydrogen-bond donors (Lipinski definition) is 3. The van der Waals surface area contributed by atoms with Crippen LogP contribution in [0.3, 0.4) is 0 Å². The minimum atomic E-state index is -4.35. The fourth-order valence-corrected chi connectivity index (χ4v) is 9.17. The number of aliphatic hydroxyl groups excluding tert-OH is 1. The summed E-state index contributed by atoms with van der Waals surface area (Å²) in [6.45, 7) is 4.63. The summed E-state index contributed by atoms with van der Waals surface area (Å²) in [6, 6.07) is -0.862. The first-order valence-corrected chi connectivity index (χ1v) is 31.5. The van der Waals surface area contributed by atoms with E-state index in [4.69, 9.17) is 9.05 Å². The van der Waals surface area contributed by atoms with Gasteiger partial charge in [-0.05, 0) is 77.0 Å². The quantitative estimate of drug-likeness (QED) is 0.0243. The fourth-order valence-electron chi connectivity index (χ4n) is 8.44. The zero-order chi connectivity index (χ0) is 52.7. The molecule has 0 aliphatic heterocycles. The maximum atomic E-state index is 12.9. The lowest BCUT2D eigenvalue weighted by Crippen LogP contribution is -2.45. The summed E-state index contributed by atoms with van der Waals surface area (Å²) >= 11 is 0. The Bertz CT molecular complexity index is 1450. The molecule has 3 N–H and O–H groups in total. The molecule has 8 nitrogen and oxygen atoms in total. The number of nitrogens with one attached hydrogen (secondary N) is 1. The molecule has 72 heavy (non-hydrogen) atoms. The molecule has 0 aliphatic rings. The number of likely N-dealkylation sites (N-methyl/N-ethyl adjacent to an activating group) is 1. The fraction of sp³-hybridized carbons (Fsp3) is 0.762. The number of unbranched alkanes of at least 4 members (excludes halogenated alkanes) is 29. The molecule has 0 fully saturated rings. The third kappa shape index (κ3) is 55.4. The number of phosphoric ester groups is 1. The van der Waals surface area contributed by atoms with Crippen LogP contribution in [-0.4, -0.2) is 73.4 Å². The van der Waals surface area contributed by atoms with Gasteiger partial charge in [0, 0.05) is 6.42 Å². The topological polar surface area (TPSA) is 105 Å². The molecule has 9 heteroatoms. The molecular weight excluding hydrogens is 912 g/mol. The summed E-state index contributed by atoms with van der Waals surface area (Å²) in [7, 11) is 1.55. The molecule has 0 radical (unpaired) electrons. The zero-order valence-corrected chi connectivity index (χ0v) is 48.5. The Balaban J connectivity index is 3.80. The first kappa shape index (κ1) is 69.7. The van der Waals surface area contributed by atoms with E-state index in [-0.39, 0.29) is 19.1 Å². The van der Waals surface area contributed by atoms with Crippen molar-refractivity contribution in [3.8, 4) is 0 Å². The van der Waals surface area contributed by atoms with E-state index in [2.05, 4.69) is 92.1 Å². The van der Waals surface area contributed by atoms with Gasteiger partial charge >= 0.3 is 7.82 Å². The third-order valence-corrected chi connectivity index (χ3v) is 14.1. The van der Waals surface area contributed by atoms with Crippen molar-refractivity contribution in [3.63, 3.8) is 0 Å². The van der Waals surface area contributed by atoms with E-state index >= 15 is 0 Å². The van der Waals surface area contributed by atoms with Crippen molar-refractivity contribution in [1.82, 2.24) is 5.32 Å². The van der Waals surface area contributed by atoms with E-state index in [1.807, 2.05) is 27.2 Å². The lowest BCUT2D eigenvalue weighted by molar-refractivity contribution is -0.870. The largest absolute Gasteiger partial charge is 0.472 e. The predicted molar refractivity (Wildman–Crippen MR) is 313 cm³/mol. The Morgan fingerprint density at radius 2 is 0.847 bits per heavy atom. The number of hydrogen-bond acceptors (Lipinski definition) is 5. The molecule has 0 bridgehead atoms. The Morgan fingerprint density at radius 1 is 0.486 bits per heavy atom. The molecule has 0 aliphatic carbocycles. The highest BCUT2D eigenvalue weighted by Gasteiger charge is 2.27. The molecule has 0 aromatic rings. The summed E-state index contributed by atoms with van der Waals surface area (Å²) in [6.07, 6.45) is 76.0. The number of phosphoric acid groups is 1. The van der Waals surface area contributed by atoms with Gasteiger partial charge in [0.25, 0.3) is 0 Å². The standard InChI is InChI=1S/C63H115N2O6P/c1-6-8-10-12-14-16-17-18-19-20-21-22-23-24-25-26-27-28-29-30-31-32-33-34-35-36-37-38-39-40-41-42-43-44-45-46-47-49-51-53-55-57-63(67)64-61(60-71-72(68,69)70-59-58-65(3,4)5)62(66)56-54-52-50-48-15-13-11-9-7-2/h8,10,14-16,18-19,21-22,24-25,48,54,56,61-62,66H,6-7,9,11-13,17,20,23,26-47,49-53,55,57-60H2,1-5H3,(H-,64,67,68,69)/p+1/b10-8-,16-14-,19-18-,22-21-,25-24-,48-15+,56-54+. The zero-order valence-electron chi connectivity index (χ0n) is 47.7. The highest BCUT2D eigenvalue weighted by molar-refractivity contribution is 7.47. The first-order valence-electron chi connectivity index (χ1n) is 30.0. The lowest BCUT2D eigenvalue weighted by atomic mass is 10.0. The van der Waals surface area contributed by atoms with Gasteiger partial charge in [0.15, 0.2) is 0 Å². The van der Waals surface area contributed by atoms with Crippen molar-refractivity contribution in [1.29, 1.82) is 0 Å². The smallest absolute Gasteiger partial charge is 0.387 e. The summed E-state index contributed by atoms with van der Waals surface area (Å²) < 4.78 is 23.6. The number of aliphatic hydroxyl groups is 1. The van der Waals surface area contributed by atoms with E-state index in [1.54, 1.807) is 6.08 Å². The van der Waals surface area contributed by atoms with Crippen molar-refractivity contribution >= 4 is 13.7 Å². The second-order valence-electron chi connectivity index (χ2n) is 21.3. The van der Waals surface area contributed by atoms with Crippen LogP contribution in [0.2, 0.25) is 0 Å². The summed E-state index contributed by atoms with van der Waals surface area (Å²) in [5.41, 5.74) is 0. The maximum absolute atomic E-state index is 12.9. The summed E-state index contributed by atoms with van der Waals surface area (Å²) in [5.74, 6) is -0.188. The number of carbonyl (C=O) groups excluding carboxylic acids is 1. The molecule has 0 aromatic carbocycles. The molecule has 0 saturated heterocycles. The van der Waals surface area contributed by atoms with Crippen LogP contribution in [0.25, 0.3) is 0 Å². The van der Waals surface area contributed by atoms with E-state index in [9.17, 15) is 19.4 Å². The van der Waals surface area contributed by atoms with E-state index in [1.165, 1.54) is 167 Å². The molecule has 0 aromatic heterocycles. The molecule has 3 atom stereocenters. The van der Waals surface area contributed by atoms with Gasteiger partial charge in [-0.15, -0.1) is 0 Å². The van der Waals surface area contributed by atoms with Gasteiger partial charge in [-0.25, -0.2) is 4.57 Å². The summed E-state index contributed by atoms with van der Waals surface area (Å²) in [4.78, 5) is 23.2. The van der Waals surface area contributed by atoms with Gasteiger partial charge in [0.2, 0.25) is 5.91 Å². The maximum Gasteiger partial charge on any atom is 0.472 e. The lowest BCUT2D eigenvalue weighted by Gasteiger charge is -2.25. The van der Waals surface area contributed by atoms with Gasteiger partial charge in [0.05, 0.1) is 39.9 Å². The van der Waals surface area contributed by atoms with Crippen LogP contribution in [0, 0.1) is 0 Å². The van der Waals surface area contributed by atoms with Crippen molar-refractivity contribution in [2.45, 2.75) is 270 Å². The SMILES string of the molecule is CC/C=C\C/C=C\C/C=C\C/C=C\C/C=C\CCCCCCCCCCCCCCCCCCCCCCCCCCCC(=O)NC(COP(=O)(O)OCC[N+](C)(C)C)C(O)/C=C/CC/C=C/CCCCC. The summed E-state index contributed by atoms with van der Waals surface area (Å²) in [5, 5.41) is 13.8. The predicted octanol–water partition coefficient (Wildman–Crippen LogP) is 18.4. The van der Waals surface area contributed by atoms with Crippen molar-refractivity contribution in [3.05, 3.63) is 85.1 Å². The Morgan fingerprint density at radius 3 is 1.28 bits per heavy atom. The van der Waals surface area contributed by atoms with Crippen molar-refractivity contribution in [2.75, 3.05) is 40.9 Å². The molecular formula is C63H116N2O6P+. The third-order valence-electron chi connectivity index (χ3n) is 13.1. The van der Waals surface area contributed by atoms with Crippen LogP contribution >= 0.6 is 7.82 Å². The van der Waals surface area contributed by atoms with Gasteiger partial charge in [0.1, 0.15) is 13.2 Å². The van der Waals surface area contributed by atoms with Crippen LogP contribution in [0.4, 0.5) is 0 Å². The minimum absolute atomic E-state index is 0.0552. The average Bonchev–Trinajstić information content (AvgIpc) is 3.34. The first-order chi connectivity index (χ1) is 35.0. The Hall–Kier alpha value is -2.32. The number of nitrogens with zero attached hydrogens (tertiary/aromatic N) is 1. The molecule has 0 heterocycles. The van der Waals surface area contributed by atoms with Gasteiger partial charge in [-0.3, -0.25) is 13.8 Å². The molecule has 0 saturated carbocycles. The van der Waals surface area contributed by atoms with Crippen LogP contribution in [-0.2, 0) is 18.4 Å². The second kappa shape index (κ2) is 53.5. The van der Waals surface area contributed by atoms with Crippen LogP contribution in [0.1, 0.15) is 258 Å². The van der Waals surface area contributed by atoms with Crippen molar-refractivity contribution in [2.24, 2.45) is 0 Å². The Labute approximate surface area is 446 Å². The number of carbonyl (C=O) groups is 1. The van der Waals surface area contributed by atoms with E-state index in [0.29, 0.717) is 17.4 Å². The van der Waals surface area contributed by atoms with Gasteiger partial charge in [-0.1, -0.05) is 259 Å². The van der Waals surface area contributed by atoms with Gasteiger partial charge in [-0.2, -0.15) is 0 Å². The monoisotopic (exact) mass is 1030 g/mol. The normalized spacial score (nSPS) is 14.5. The average molecular weight is 1030 g/mol. The molecule has 1 amide bonds. The highest BCUT2D eigenvalue weighted by atomic mass is 31.2. The van der Waals surface area contributed by atoms with Crippen LogP contribution in [0.5, 0.6) is 0 Å².